The lowest BCUT2D eigenvalue weighted by atomic mass is 9.75. The van der Waals surface area contributed by atoms with Crippen molar-refractivity contribution < 1.29 is 39.6 Å². The van der Waals surface area contributed by atoms with Crippen molar-refractivity contribution in [2.45, 2.75) is 138 Å². The first kappa shape index (κ1) is 34.2. The van der Waals surface area contributed by atoms with Crippen molar-refractivity contribution in [1.29, 1.82) is 0 Å². The number of hydrogen-bond donors (Lipinski definition) is 0. The van der Waals surface area contributed by atoms with Gasteiger partial charge in [0.25, 0.3) is 0 Å². The molecular formula is C35H46F4O5S. The molecule has 2 aromatic rings. The van der Waals surface area contributed by atoms with E-state index < -0.39 is 56.7 Å². The van der Waals surface area contributed by atoms with Crippen LogP contribution in [0.15, 0.2) is 17.0 Å². The summed E-state index contributed by atoms with van der Waals surface area (Å²) in [4.78, 5) is -1.80. The van der Waals surface area contributed by atoms with E-state index in [0.717, 1.165) is 101 Å². The van der Waals surface area contributed by atoms with E-state index in [1.54, 1.807) is 6.92 Å². The van der Waals surface area contributed by atoms with Gasteiger partial charge < -0.3 is 9.47 Å². The number of rotatable bonds is 11. The molecule has 0 saturated heterocycles. The van der Waals surface area contributed by atoms with E-state index in [-0.39, 0.29) is 24.0 Å². The Morgan fingerprint density at radius 3 is 1.58 bits per heavy atom. The standard InChI is InChI=1S/C35H46F4O5S/c1-22(42-2)18-19-43-45(40,41)35-31(38)29(36)34(30(37)32(35)39)44-33-27(24-14-8-4-9-15-24)20-26(23-12-6-3-7-13-23)21-28(33)25-16-10-5-11-17-25/h20-25H,3-19H2,1-2H3. The van der Waals surface area contributed by atoms with Crippen molar-refractivity contribution >= 4 is 10.1 Å². The van der Waals surface area contributed by atoms with Crippen molar-refractivity contribution in [2.75, 3.05) is 13.7 Å². The van der Waals surface area contributed by atoms with Crippen molar-refractivity contribution in [2.24, 2.45) is 0 Å². The highest BCUT2D eigenvalue weighted by Gasteiger charge is 2.37. The van der Waals surface area contributed by atoms with Gasteiger partial charge in [0.05, 0.1) is 12.7 Å². The summed E-state index contributed by atoms with van der Waals surface area (Å²) in [5.41, 5.74) is 2.89. The molecule has 0 amide bonds. The number of benzene rings is 2. The maximum atomic E-state index is 15.7. The first-order chi connectivity index (χ1) is 21.6. The van der Waals surface area contributed by atoms with E-state index in [2.05, 4.69) is 12.1 Å². The molecule has 3 aliphatic rings. The maximum absolute atomic E-state index is 15.7. The van der Waals surface area contributed by atoms with E-state index >= 15 is 17.6 Å². The quantitative estimate of drug-likeness (QED) is 0.137. The zero-order valence-corrected chi connectivity index (χ0v) is 27.3. The number of methoxy groups -OCH3 is 1. The average molecular weight is 655 g/mol. The SMILES string of the molecule is COC(C)CCOS(=O)(=O)c1c(F)c(F)c(Oc2c(C3CCCCC3)cc(C3CCCCC3)cc2C2CCCCC2)c(F)c1F. The molecule has 3 saturated carbocycles. The summed E-state index contributed by atoms with van der Waals surface area (Å²) in [6.07, 6.45) is 15.2. The molecule has 2 aromatic carbocycles. The lowest BCUT2D eigenvalue weighted by Gasteiger charge is -2.32. The molecule has 3 aliphatic carbocycles. The van der Waals surface area contributed by atoms with E-state index in [1.165, 1.54) is 19.1 Å². The Hall–Kier alpha value is -2.17. The van der Waals surface area contributed by atoms with Crippen molar-refractivity contribution in [3.63, 3.8) is 0 Å². The van der Waals surface area contributed by atoms with Gasteiger partial charge in [0.2, 0.25) is 17.4 Å². The lowest BCUT2D eigenvalue weighted by Crippen LogP contribution is -2.18. The van der Waals surface area contributed by atoms with E-state index in [1.807, 2.05) is 0 Å². The van der Waals surface area contributed by atoms with Gasteiger partial charge >= 0.3 is 10.1 Å². The van der Waals surface area contributed by atoms with Crippen LogP contribution in [0.1, 0.15) is 144 Å². The first-order valence-electron chi connectivity index (χ1n) is 16.8. The van der Waals surface area contributed by atoms with Crippen LogP contribution in [0.5, 0.6) is 11.5 Å². The van der Waals surface area contributed by atoms with Crippen molar-refractivity contribution in [1.82, 2.24) is 0 Å². The summed E-state index contributed by atoms with van der Waals surface area (Å²) in [5.74, 6) is -8.38. The van der Waals surface area contributed by atoms with Crippen LogP contribution in [0.25, 0.3) is 0 Å². The Morgan fingerprint density at radius 2 is 1.13 bits per heavy atom. The highest BCUT2D eigenvalue weighted by molar-refractivity contribution is 7.86. The Kier molecular flexibility index (Phi) is 11.5. The van der Waals surface area contributed by atoms with E-state index in [0.29, 0.717) is 5.92 Å². The van der Waals surface area contributed by atoms with Gasteiger partial charge in [-0.3, -0.25) is 4.18 Å². The van der Waals surface area contributed by atoms with Crippen LogP contribution in [0.3, 0.4) is 0 Å². The van der Waals surface area contributed by atoms with Crippen LogP contribution in [-0.2, 0) is 19.0 Å². The zero-order chi connectivity index (χ0) is 32.1. The normalized spacial score (nSPS) is 20.0. The van der Waals surface area contributed by atoms with Crippen molar-refractivity contribution in [3.8, 4) is 11.5 Å². The van der Waals surface area contributed by atoms with Crippen LogP contribution in [0, 0.1) is 23.3 Å². The van der Waals surface area contributed by atoms with Crippen LogP contribution >= 0.6 is 0 Å². The van der Waals surface area contributed by atoms with Crippen molar-refractivity contribution in [3.05, 3.63) is 52.1 Å². The lowest BCUT2D eigenvalue weighted by molar-refractivity contribution is 0.0965. The molecular weight excluding hydrogens is 608 g/mol. The topological polar surface area (TPSA) is 61.8 Å². The predicted octanol–water partition coefficient (Wildman–Crippen LogP) is 10.3. The van der Waals surface area contributed by atoms with E-state index in [9.17, 15) is 8.42 Å². The van der Waals surface area contributed by atoms with Gasteiger partial charge in [-0.15, -0.1) is 0 Å². The molecule has 5 nitrogen and oxygen atoms in total. The summed E-state index contributed by atoms with van der Waals surface area (Å²) < 4.78 is 103. The number of halogens is 4. The van der Waals surface area contributed by atoms with Gasteiger partial charge in [-0.1, -0.05) is 69.9 Å². The minimum atomic E-state index is -5.17. The predicted molar refractivity (Wildman–Crippen MR) is 164 cm³/mol. The third-order valence-electron chi connectivity index (χ3n) is 10.1. The molecule has 1 unspecified atom stereocenters. The second-order valence-electron chi connectivity index (χ2n) is 13.2. The van der Waals surface area contributed by atoms with Crippen LogP contribution in [0.2, 0.25) is 0 Å². The highest BCUT2D eigenvalue weighted by atomic mass is 32.2. The molecule has 0 radical (unpaired) electrons. The maximum Gasteiger partial charge on any atom is 0.303 e. The molecule has 0 bridgehead atoms. The highest BCUT2D eigenvalue weighted by Crippen LogP contribution is 2.49. The van der Waals surface area contributed by atoms with Crippen LogP contribution < -0.4 is 4.74 Å². The molecule has 0 spiro atoms. The third-order valence-corrected chi connectivity index (χ3v) is 11.5. The van der Waals surface area contributed by atoms with Crippen LogP contribution in [0.4, 0.5) is 17.6 Å². The summed E-state index contributed by atoms with van der Waals surface area (Å²) in [6, 6.07) is 4.23. The minimum Gasteiger partial charge on any atom is -0.450 e. The van der Waals surface area contributed by atoms with Gasteiger partial charge in [0, 0.05) is 7.11 Å². The van der Waals surface area contributed by atoms with Gasteiger partial charge in [-0.25, -0.2) is 8.78 Å². The average Bonchev–Trinajstić information content (AvgIpc) is 3.06. The fourth-order valence-corrected chi connectivity index (χ4v) is 8.48. The molecule has 250 valence electrons. The molecule has 5 rings (SSSR count). The fourth-order valence-electron chi connectivity index (χ4n) is 7.42. The Balaban J connectivity index is 1.60. The Labute approximate surface area is 265 Å². The summed E-state index contributed by atoms with van der Waals surface area (Å²) in [7, 11) is -3.76. The molecule has 0 heterocycles. The molecule has 0 N–H and O–H groups in total. The number of hydrogen-bond acceptors (Lipinski definition) is 5. The largest absolute Gasteiger partial charge is 0.450 e. The third kappa shape index (κ3) is 7.70. The summed E-state index contributed by atoms with van der Waals surface area (Å²) in [6.45, 7) is 1.16. The molecule has 3 fully saturated rings. The Morgan fingerprint density at radius 1 is 0.689 bits per heavy atom. The molecule has 10 heteroatoms. The first-order valence-corrected chi connectivity index (χ1v) is 18.2. The second kappa shape index (κ2) is 15.2. The van der Waals surface area contributed by atoms with E-state index in [4.69, 9.17) is 13.7 Å². The fraction of sp³-hybridized carbons (Fsp3) is 0.657. The second-order valence-corrected chi connectivity index (χ2v) is 14.7. The van der Waals surface area contributed by atoms with Crippen LogP contribution in [-0.4, -0.2) is 28.2 Å². The number of ether oxygens (including phenoxy) is 2. The molecule has 0 aliphatic heterocycles. The summed E-state index contributed by atoms with van der Waals surface area (Å²) in [5, 5.41) is 0. The van der Waals surface area contributed by atoms with Gasteiger partial charge in [0.1, 0.15) is 5.75 Å². The van der Waals surface area contributed by atoms with Gasteiger partial charge in [-0.05, 0) is 86.3 Å². The summed E-state index contributed by atoms with van der Waals surface area (Å²) >= 11 is 0. The smallest absolute Gasteiger partial charge is 0.303 e. The molecule has 0 aromatic heterocycles. The monoisotopic (exact) mass is 654 g/mol. The zero-order valence-electron chi connectivity index (χ0n) is 26.4. The van der Waals surface area contributed by atoms with Gasteiger partial charge in [0.15, 0.2) is 16.5 Å². The minimum absolute atomic E-state index is 0.0792. The molecule has 45 heavy (non-hydrogen) atoms. The molecule has 1 atom stereocenters. The Bertz CT molecular complexity index is 1360. The van der Waals surface area contributed by atoms with Gasteiger partial charge in [-0.2, -0.15) is 17.2 Å².